The lowest BCUT2D eigenvalue weighted by atomic mass is 9.98. The van der Waals surface area contributed by atoms with Crippen LogP contribution in [0.5, 0.6) is 0 Å². The molecule has 2 heteroatoms. The minimum absolute atomic E-state index is 0.606. The van der Waals surface area contributed by atoms with Crippen molar-refractivity contribution >= 4 is 0 Å². The van der Waals surface area contributed by atoms with E-state index in [4.69, 9.17) is 5.73 Å². The first-order valence-corrected chi connectivity index (χ1v) is 3.82. The zero-order valence-corrected chi connectivity index (χ0v) is 6.06. The van der Waals surface area contributed by atoms with Gasteiger partial charge in [-0.15, -0.1) is 0 Å². The van der Waals surface area contributed by atoms with E-state index >= 15 is 0 Å². The Kier molecular flexibility index (Phi) is 2.49. The SMILES string of the molecule is CCC1CCNC1CN. The molecule has 0 bridgehead atoms. The van der Waals surface area contributed by atoms with Gasteiger partial charge in [0.25, 0.3) is 0 Å². The van der Waals surface area contributed by atoms with Crippen molar-refractivity contribution in [1.29, 1.82) is 0 Å². The maximum atomic E-state index is 5.54. The quantitative estimate of drug-likeness (QED) is 0.562. The maximum Gasteiger partial charge on any atom is 0.0218 e. The van der Waals surface area contributed by atoms with Gasteiger partial charge in [-0.2, -0.15) is 0 Å². The molecule has 1 aliphatic rings. The Labute approximate surface area is 56.8 Å². The van der Waals surface area contributed by atoms with Crippen LogP contribution < -0.4 is 11.1 Å². The van der Waals surface area contributed by atoms with Gasteiger partial charge in [-0.25, -0.2) is 0 Å². The van der Waals surface area contributed by atoms with E-state index in [1.165, 1.54) is 19.4 Å². The predicted molar refractivity (Wildman–Crippen MR) is 39.2 cm³/mol. The molecule has 54 valence electrons. The van der Waals surface area contributed by atoms with Crippen molar-refractivity contribution < 1.29 is 0 Å². The molecule has 1 fully saturated rings. The summed E-state index contributed by atoms with van der Waals surface area (Å²) in [5.41, 5.74) is 5.54. The van der Waals surface area contributed by atoms with E-state index in [2.05, 4.69) is 12.2 Å². The Hall–Kier alpha value is -0.0800. The van der Waals surface area contributed by atoms with E-state index in [1.807, 2.05) is 0 Å². The third kappa shape index (κ3) is 1.43. The first-order valence-electron chi connectivity index (χ1n) is 3.82. The largest absolute Gasteiger partial charge is 0.329 e. The average Bonchev–Trinajstić information content (AvgIpc) is 2.33. The highest BCUT2D eigenvalue weighted by molar-refractivity contribution is 4.82. The van der Waals surface area contributed by atoms with Crippen LogP contribution in [0.25, 0.3) is 0 Å². The van der Waals surface area contributed by atoms with Crippen LogP contribution in [0.3, 0.4) is 0 Å². The second-order valence-electron chi connectivity index (χ2n) is 2.75. The Morgan fingerprint density at radius 1 is 1.67 bits per heavy atom. The van der Waals surface area contributed by atoms with Crippen molar-refractivity contribution in [2.24, 2.45) is 11.7 Å². The molecule has 0 aliphatic carbocycles. The smallest absolute Gasteiger partial charge is 0.0218 e. The molecule has 2 unspecified atom stereocenters. The number of hydrogen-bond donors (Lipinski definition) is 2. The second-order valence-corrected chi connectivity index (χ2v) is 2.75. The minimum Gasteiger partial charge on any atom is -0.329 e. The molecule has 0 amide bonds. The monoisotopic (exact) mass is 128 g/mol. The Bertz CT molecular complexity index is 73.0. The third-order valence-electron chi connectivity index (χ3n) is 2.27. The Balaban J connectivity index is 2.32. The highest BCUT2D eigenvalue weighted by Crippen LogP contribution is 2.17. The molecular formula is C7H16N2. The van der Waals surface area contributed by atoms with Crippen molar-refractivity contribution in [2.45, 2.75) is 25.8 Å². The molecule has 0 radical (unpaired) electrons. The Morgan fingerprint density at radius 2 is 2.44 bits per heavy atom. The molecule has 0 aromatic rings. The molecular weight excluding hydrogens is 112 g/mol. The lowest BCUT2D eigenvalue weighted by Crippen LogP contribution is -2.34. The van der Waals surface area contributed by atoms with Crippen LogP contribution in [-0.2, 0) is 0 Å². The molecule has 0 spiro atoms. The molecule has 0 aromatic carbocycles. The summed E-state index contributed by atoms with van der Waals surface area (Å²) in [6, 6.07) is 0.606. The van der Waals surface area contributed by atoms with Gasteiger partial charge in [-0.05, 0) is 18.9 Å². The van der Waals surface area contributed by atoms with Gasteiger partial charge in [0.2, 0.25) is 0 Å². The van der Waals surface area contributed by atoms with Crippen LogP contribution in [0.15, 0.2) is 0 Å². The summed E-state index contributed by atoms with van der Waals surface area (Å²) in [5, 5.41) is 3.38. The van der Waals surface area contributed by atoms with Gasteiger partial charge in [0.15, 0.2) is 0 Å². The standard InChI is InChI=1S/C7H16N2/c1-2-6-3-4-9-7(6)5-8/h6-7,9H,2-5,8H2,1H3. The first kappa shape index (κ1) is 7.03. The topological polar surface area (TPSA) is 38.0 Å². The van der Waals surface area contributed by atoms with Gasteiger partial charge in [-0.3, -0.25) is 0 Å². The molecule has 2 nitrogen and oxygen atoms in total. The van der Waals surface area contributed by atoms with Crippen molar-refractivity contribution in [3.05, 3.63) is 0 Å². The molecule has 2 atom stereocenters. The summed E-state index contributed by atoms with van der Waals surface area (Å²) in [6.45, 7) is 4.21. The van der Waals surface area contributed by atoms with E-state index in [0.29, 0.717) is 6.04 Å². The van der Waals surface area contributed by atoms with Gasteiger partial charge in [0.1, 0.15) is 0 Å². The van der Waals surface area contributed by atoms with E-state index in [9.17, 15) is 0 Å². The fourth-order valence-corrected chi connectivity index (χ4v) is 1.59. The van der Waals surface area contributed by atoms with E-state index < -0.39 is 0 Å². The fraction of sp³-hybridized carbons (Fsp3) is 1.00. The van der Waals surface area contributed by atoms with Crippen LogP contribution >= 0.6 is 0 Å². The minimum atomic E-state index is 0.606. The van der Waals surface area contributed by atoms with Crippen LogP contribution in [0, 0.1) is 5.92 Å². The molecule has 1 rings (SSSR count). The molecule has 1 aliphatic heterocycles. The summed E-state index contributed by atoms with van der Waals surface area (Å²) < 4.78 is 0. The van der Waals surface area contributed by atoms with E-state index in [1.54, 1.807) is 0 Å². The van der Waals surface area contributed by atoms with Crippen LogP contribution in [0.2, 0.25) is 0 Å². The zero-order valence-electron chi connectivity index (χ0n) is 6.06. The van der Waals surface area contributed by atoms with Crippen molar-refractivity contribution in [3.8, 4) is 0 Å². The number of nitrogens with one attached hydrogen (secondary N) is 1. The van der Waals surface area contributed by atoms with Crippen LogP contribution in [-0.4, -0.2) is 19.1 Å². The van der Waals surface area contributed by atoms with Gasteiger partial charge >= 0.3 is 0 Å². The van der Waals surface area contributed by atoms with Crippen molar-refractivity contribution in [1.82, 2.24) is 5.32 Å². The first-order chi connectivity index (χ1) is 4.38. The van der Waals surface area contributed by atoms with E-state index in [0.717, 1.165) is 12.5 Å². The van der Waals surface area contributed by atoms with Crippen LogP contribution in [0.4, 0.5) is 0 Å². The molecule has 9 heavy (non-hydrogen) atoms. The number of rotatable bonds is 2. The summed E-state index contributed by atoms with van der Waals surface area (Å²) in [6.07, 6.45) is 2.59. The van der Waals surface area contributed by atoms with Gasteiger partial charge < -0.3 is 11.1 Å². The third-order valence-corrected chi connectivity index (χ3v) is 2.27. The zero-order chi connectivity index (χ0) is 6.69. The molecule has 0 aromatic heterocycles. The van der Waals surface area contributed by atoms with Gasteiger partial charge in [-0.1, -0.05) is 13.3 Å². The maximum absolute atomic E-state index is 5.54. The predicted octanol–water partition coefficient (Wildman–Crippen LogP) is 0.333. The normalized spacial score (nSPS) is 35.3. The lowest BCUT2D eigenvalue weighted by Gasteiger charge is -2.14. The summed E-state index contributed by atoms with van der Waals surface area (Å²) in [4.78, 5) is 0. The van der Waals surface area contributed by atoms with E-state index in [-0.39, 0.29) is 0 Å². The Morgan fingerprint density at radius 3 is 2.89 bits per heavy atom. The average molecular weight is 128 g/mol. The summed E-state index contributed by atoms with van der Waals surface area (Å²) in [7, 11) is 0. The molecule has 1 heterocycles. The highest BCUT2D eigenvalue weighted by atomic mass is 15.0. The molecule has 1 saturated heterocycles. The number of nitrogens with two attached hydrogens (primary N) is 1. The fourth-order valence-electron chi connectivity index (χ4n) is 1.59. The lowest BCUT2D eigenvalue weighted by molar-refractivity contribution is 0.442. The van der Waals surface area contributed by atoms with Crippen molar-refractivity contribution in [2.75, 3.05) is 13.1 Å². The number of hydrogen-bond acceptors (Lipinski definition) is 2. The molecule has 3 N–H and O–H groups in total. The van der Waals surface area contributed by atoms with Crippen molar-refractivity contribution in [3.63, 3.8) is 0 Å². The van der Waals surface area contributed by atoms with Gasteiger partial charge in [0, 0.05) is 12.6 Å². The summed E-state index contributed by atoms with van der Waals surface area (Å²) >= 11 is 0. The van der Waals surface area contributed by atoms with Crippen LogP contribution in [0.1, 0.15) is 19.8 Å². The van der Waals surface area contributed by atoms with Gasteiger partial charge in [0.05, 0.1) is 0 Å². The highest BCUT2D eigenvalue weighted by Gasteiger charge is 2.22. The summed E-state index contributed by atoms with van der Waals surface area (Å²) in [5.74, 6) is 0.843. The molecule has 0 saturated carbocycles. The second kappa shape index (κ2) is 3.18.